The van der Waals surface area contributed by atoms with Gasteiger partial charge in [0.2, 0.25) is 5.89 Å². The predicted molar refractivity (Wildman–Crippen MR) is 130 cm³/mol. The van der Waals surface area contributed by atoms with Crippen LogP contribution in [0.4, 0.5) is 0 Å². The number of aryl methyl sites for hydroxylation is 1. The molecular weight excluding hydrogens is 477 g/mol. The van der Waals surface area contributed by atoms with Crippen molar-refractivity contribution in [2.45, 2.75) is 58.7 Å². The summed E-state index contributed by atoms with van der Waals surface area (Å²) < 4.78 is 5.63. The third kappa shape index (κ3) is 6.70. The van der Waals surface area contributed by atoms with E-state index in [-0.39, 0.29) is 24.0 Å². The first-order valence-corrected chi connectivity index (χ1v) is 10.3. The fraction of sp³-hybridized carbons (Fsp3) is 0.545. The average Bonchev–Trinajstić information content (AvgIpc) is 3.18. The third-order valence-corrected chi connectivity index (χ3v) is 5.50. The van der Waals surface area contributed by atoms with Gasteiger partial charge in [-0.3, -0.25) is 9.89 Å². The van der Waals surface area contributed by atoms with Gasteiger partial charge in [0.1, 0.15) is 6.26 Å². The summed E-state index contributed by atoms with van der Waals surface area (Å²) in [5.41, 5.74) is 3.07. The highest BCUT2D eigenvalue weighted by Gasteiger charge is 2.23. The van der Waals surface area contributed by atoms with Crippen molar-refractivity contribution in [3.8, 4) is 11.5 Å². The lowest BCUT2D eigenvalue weighted by Crippen LogP contribution is -2.50. The lowest BCUT2D eigenvalue weighted by molar-refractivity contribution is 0.115. The number of likely N-dealkylation sites (tertiary alicyclic amines) is 1. The van der Waals surface area contributed by atoms with Crippen molar-refractivity contribution < 1.29 is 4.42 Å². The minimum atomic E-state index is 0. The van der Waals surface area contributed by atoms with E-state index in [4.69, 9.17) is 4.42 Å². The molecule has 160 valence electrons. The number of piperidine rings is 1. The van der Waals surface area contributed by atoms with E-state index in [1.165, 1.54) is 31.4 Å². The number of rotatable bonds is 6. The van der Waals surface area contributed by atoms with E-state index in [9.17, 15) is 0 Å². The van der Waals surface area contributed by atoms with Crippen LogP contribution in [-0.2, 0) is 6.54 Å². The van der Waals surface area contributed by atoms with Gasteiger partial charge in [0.05, 0.1) is 12.2 Å². The molecule has 0 amide bonds. The van der Waals surface area contributed by atoms with Gasteiger partial charge in [-0.25, -0.2) is 4.98 Å². The second kappa shape index (κ2) is 11.5. The molecule has 3 rings (SSSR count). The summed E-state index contributed by atoms with van der Waals surface area (Å²) in [4.78, 5) is 11.5. The summed E-state index contributed by atoms with van der Waals surface area (Å²) in [5, 5.41) is 6.77. The van der Waals surface area contributed by atoms with Crippen LogP contribution in [0.25, 0.3) is 11.5 Å². The van der Waals surface area contributed by atoms with Gasteiger partial charge in [-0.05, 0) is 52.3 Å². The number of guanidine groups is 1. The standard InChI is InChI=1S/C22H33N5O.HI/c1-16-8-10-19(11-9-16)21-26-20(15-28-21)14-25-22(23-4)24-13-18(3)27-12-6-5-7-17(27)2;/h8-11,15,17-18H,5-7,12-14H2,1-4H3,(H2,23,24,25);1H. The lowest BCUT2D eigenvalue weighted by atomic mass is 10.0. The molecule has 1 aliphatic rings. The quantitative estimate of drug-likeness (QED) is 0.346. The summed E-state index contributed by atoms with van der Waals surface area (Å²) in [6, 6.07) is 9.33. The second-order valence-electron chi connectivity index (χ2n) is 7.75. The van der Waals surface area contributed by atoms with Crippen LogP contribution in [-0.4, -0.2) is 48.1 Å². The van der Waals surface area contributed by atoms with Gasteiger partial charge in [0.15, 0.2) is 5.96 Å². The lowest BCUT2D eigenvalue weighted by Gasteiger charge is -2.38. The zero-order valence-electron chi connectivity index (χ0n) is 17.9. The normalized spacial score (nSPS) is 18.8. The molecule has 0 saturated carbocycles. The van der Waals surface area contributed by atoms with E-state index in [0.29, 0.717) is 24.5 Å². The van der Waals surface area contributed by atoms with Crippen molar-refractivity contribution in [2.75, 3.05) is 20.1 Å². The van der Waals surface area contributed by atoms with Crippen LogP contribution in [0.5, 0.6) is 0 Å². The number of oxazole rings is 1. The predicted octanol–water partition coefficient (Wildman–Crippen LogP) is 4.20. The van der Waals surface area contributed by atoms with Gasteiger partial charge in [-0.15, -0.1) is 24.0 Å². The minimum absolute atomic E-state index is 0. The zero-order valence-corrected chi connectivity index (χ0v) is 20.3. The number of nitrogens with zero attached hydrogens (tertiary/aromatic N) is 3. The highest BCUT2D eigenvalue weighted by molar-refractivity contribution is 14.0. The van der Waals surface area contributed by atoms with E-state index in [0.717, 1.165) is 23.8 Å². The van der Waals surface area contributed by atoms with Gasteiger partial charge < -0.3 is 15.1 Å². The molecule has 2 aromatic rings. The van der Waals surface area contributed by atoms with Crippen LogP contribution in [0, 0.1) is 6.92 Å². The molecule has 2 heterocycles. The Morgan fingerprint density at radius 3 is 2.72 bits per heavy atom. The van der Waals surface area contributed by atoms with Gasteiger partial charge in [0, 0.05) is 31.2 Å². The SMILES string of the molecule is CN=C(NCc1coc(-c2ccc(C)cc2)n1)NCC(C)N1CCCCC1C.I. The zero-order chi connectivity index (χ0) is 19.9. The Labute approximate surface area is 191 Å². The molecule has 1 saturated heterocycles. The molecule has 2 unspecified atom stereocenters. The van der Waals surface area contributed by atoms with E-state index in [2.05, 4.69) is 58.4 Å². The highest BCUT2D eigenvalue weighted by Crippen LogP contribution is 2.19. The van der Waals surface area contributed by atoms with E-state index >= 15 is 0 Å². The number of hydrogen-bond donors (Lipinski definition) is 2. The summed E-state index contributed by atoms with van der Waals surface area (Å²) in [6.45, 7) is 9.32. The summed E-state index contributed by atoms with van der Waals surface area (Å²) in [5.74, 6) is 1.43. The molecule has 1 aromatic heterocycles. The molecule has 1 aromatic carbocycles. The van der Waals surface area contributed by atoms with Crippen molar-refractivity contribution >= 4 is 29.9 Å². The van der Waals surface area contributed by atoms with Crippen molar-refractivity contribution in [2.24, 2.45) is 4.99 Å². The number of benzene rings is 1. The van der Waals surface area contributed by atoms with Crippen LogP contribution in [0.3, 0.4) is 0 Å². The molecule has 2 atom stereocenters. The Balaban J connectivity index is 0.00000300. The molecular formula is C22H34IN5O. The Bertz CT molecular complexity index is 774. The smallest absolute Gasteiger partial charge is 0.226 e. The van der Waals surface area contributed by atoms with Crippen molar-refractivity contribution in [3.05, 3.63) is 41.8 Å². The first-order chi connectivity index (χ1) is 13.6. The number of nitrogens with one attached hydrogen (secondary N) is 2. The van der Waals surface area contributed by atoms with Crippen LogP contribution < -0.4 is 10.6 Å². The number of aromatic nitrogens is 1. The molecule has 7 heteroatoms. The summed E-state index contributed by atoms with van der Waals surface area (Å²) >= 11 is 0. The summed E-state index contributed by atoms with van der Waals surface area (Å²) in [7, 11) is 1.80. The fourth-order valence-corrected chi connectivity index (χ4v) is 3.75. The van der Waals surface area contributed by atoms with E-state index in [1.54, 1.807) is 13.3 Å². The summed E-state index contributed by atoms with van der Waals surface area (Å²) in [6.07, 6.45) is 5.65. The first kappa shape index (κ1) is 23.7. The first-order valence-electron chi connectivity index (χ1n) is 10.3. The second-order valence-corrected chi connectivity index (χ2v) is 7.75. The fourth-order valence-electron chi connectivity index (χ4n) is 3.75. The van der Waals surface area contributed by atoms with Gasteiger partial charge >= 0.3 is 0 Å². The topological polar surface area (TPSA) is 65.7 Å². The van der Waals surface area contributed by atoms with Gasteiger partial charge in [0.25, 0.3) is 0 Å². The van der Waals surface area contributed by atoms with E-state index in [1.807, 2.05) is 12.1 Å². The monoisotopic (exact) mass is 511 g/mol. The average molecular weight is 511 g/mol. The van der Waals surface area contributed by atoms with Crippen LogP contribution in [0.2, 0.25) is 0 Å². The highest BCUT2D eigenvalue weighted by atomic mass is 127. The molecule has 1 aliphatic heterocycles. The largest absolute Gasteiger partial charge is 0.444 e. The maximum absolute atomic E-state index is 5.63. The van der Waals surface area contributed by atoms with Gasteiger partial charge in [-0.2, -0.15) is 0 Å². The molecule has 6 nitrogen and oxygen atoms in total. The molecule has 0 radical (unpaired) electrons. The molecule has 0 aliphatic carbocycles. The van der Waals surface area contributed by atoms with Crippen LogP contribution >= 0.6 is 24.0 Å². The third-order valence-electron chi connectivity index (χ3n) is 5.50. The Morgan fingerprint density at radius 1 is 1.28 bits per heavy atom. The Kier molecular flexibility index (Phi) is 9.42. The Morgan fingerprint density at radius 2 is 2.03 bits per heavy atom. The van der Waals surface area contributed by atoms with Crippen molar-refractivity contribution in [1.82, 2.24) is 20.5 Å². The van der Waals surface area contributed by atoms with Gasteiger partial charge in [-0.1, -0.05) is 24.1 Å². The van der Waals surface area contributed by atoms with Crippen LogP contribution in [0.15, 0.2) is 39.9 Å². The van der Waals surface area contributed by atoms with Crippen LogP contribution in [0.1, 0.15) is 44.4 Å². The molecule has 2 N–H and O–H groups in total. The molecule has 29 heavy (non-hydrogen) atoms. The molecule has 0 spiro atoms. The maximum atomic E-state index is 5.63. The number of aliphatic imine (C=N–C) groups is 1. The van der Waals surface area contributed by atoms with Crippen molar-refractivity contribution in [3.63, 3.8) is 0 Å². The van der Waals surface area contributed by atoms with Crippen molar-refractivity contribution in [1.29, 1.82) is 0 Å². The molecule has 1 fully saturated rings. The molecule has 0 bridgehead atoms. The Hall–Kier alpha value is -1.61. The maximum Gasteiger partial charge on any atom is 0.226 e. The number of halogens is 1. The number of hydrogen-bond acceptors (Lipinski definition) is 4. The minimum Gasteiger partial charge on any atom is -0.444 e. The van der Waals surface area contributed by atoms with E-state index < -0.39 is 0 Å².